The number of halogens is 2. The molecule has 2 aliphatic rings. The van der Waals surface area contributed by atoms with Crippen molar-refractivity contribution in [1.29, 1.82) is 0 Å². The third kappa shape index (κ3) is 3.29. The van der Waals surface area contributed by atoms with E-state index >= 15 is 0 Å². The van der Waals surface area contributed by atoms with Gasteiger partial charge in [0, 0.05) is 37.8 Å². The van der Waals surface area contributed by atoms with Crippen LogP contribution in [0.3, 0.4) is 0 Å². The minimum Gasteiger partial charge on any atom is -0.336 e. The molecule has 1 saturated carbocycles. The minimum absolute atomic E-state index is 0.206. The average Bonchev–Trinajstić information content (AvgIpc) is 2.58. The fourth-order valence-corrected chi connectivity index (χ4v) is 3.55. The van der Waals surface area contributed by atoms with Crippen LogP contribution in [-0.4, -0.2) is 47.9 Å². The highest BCUT2D eigenvalue weighted by atomic mass is 19.2. The third-order valence-electron chi connectivity index (χ3n) is 4.86. The summed E-state index contributed by atoms with van der Waals surface area (Å²) >= 11 is 0. The normalized spacial score (nSPS) is 21.1. The maximum Gasteiger partial charge on any atom is 0.254 e. The zero-order valence-corrected chi connectivity index (χ0v) is 12.7. The maximum atomic E-state index is 13.3. The smallest absolute Gasteiger partial charge is 0.254 e. The van der Waals surface area contributed by atoms with Crippen LogP contribution in [0.2, 0.25) is 0 Å². The Morgan fingerprint density at radius 2 is 1.64 bits per heavy atom. The van der Waals surface area contributed by atoms with E-state index in [1.165, 1.54) is 38.2 Å². The summed E-state index contributed by atoms with van der Waals surface area (Å²) in [5.74, 6) is -2.09. The topological polar surface area (TPSA) is 23.6 Å². The van der Waals surface area contributed by atoms with Crippen molar-refractivity contribution in [3.8, 4) is 0 Å². The van der Waals surface area contributed by atoms with Crippen molar-refractivity contribution < 1.29 is 13.6 Å². The predicted molar refractivity (Wildman–Crippen MR) is 80.7 cm³/mol. The molecule has 5 heteroatoms. The zero-order chi connectivity index (χ0) is 15.5. The molecule has 1 heterocycles. The molecule has 1 aromatic carbocycles. The first kappa shape index (κ1) is 15.4. The van der Waals surface area contributed by atoms with Crippen LogP contribution in [0.25, 0.3) is 0 Å². The fourth-order valence-electron chi connectivity index (χ4n) is 3.55. The van der Waals surface area contributed by atoms with Gasteiger partial charge in [0.15, 0.2) is 11.6 Å². The summed E-state index contributed by atoms with van der Waals surface area (Å²) in [4.78, 5) is 16.6. The van der Waals surface area contributed by atoms with Crippen molar-refractivity contribution in [2.24, 2.45) is 0 Å². The van der Waals surface area contributed by atoms with Crippen molar-refractivity contribution >= 4 is 5.91 Å². The molecule has 3 nitrogen and oxygen atoms in total. The lowest BCUT2D eigenvalue weighted by Crippen LogP contribution is -2.52. The Morgan fingerprint density at radius 1 is 0.955 bits per heavy atom. The predicted octanol–water partition coefficient (Wildman–Crippen LogP) is 3.06. The Labute approximate surface area is 129 Å². The molecule has 0 atom stereocenters. The number of hydrogen-bond acceptors (Lipinski definition) is 2. The van der Waals surface area contributed by atoms with E-state index in [-0.39, 0.29) is 11.5 Å². The molecule has 0 aromatic heterocycles. The monoisotopic (exact) mass is 308 g/mol. The maximum absolute atomic E-state index is 13.3. The van der Waals surface area contributed by atoms with Crippen LogP contribution >= 0.6 is 0 Å². The van der Waals surface area contributed by atoms with E-state index in [0.717, 1.165) is 25.2 Å². The van der Waals surface area contributed by atoms with E-state index in [1.807, 2.05) is 0 Å². The van der Waals surface area contributed by atoms with Crippen molar-refractivity contribution in [3.05, 3.63) is 35.4 Å². The lowest BCUT2D eigenvalue weighted by Gasteiger charge is -2.40. The van der Waals surface area contributed by atoms with E-state index in [4.69, 9.17) is 0 Å². The van der Waals surface area contributed by atoms with Gasteiger partial charge in [-0.2, -0.15) is 0 Å². The molecule has 1 aliphatic carbocycles. The van der Waals surface area contributed by atoms with E-state index in [1.54, 1.807) is 4.90 Å². The number of carbonyl (C=O) groups is 1. The molecular weight excluding hydrogens is 286 g/mol. The number of hydrogen-bond donors (Lipinski definition) is 0. The Bertz CT molecular complexity index is 535. The number of benzene rings is 1. The van der Waals surface area contributed by atoms with Crippen LogP contribution < -0.4 is 0 Å². The Balaban J connectivity index is 1.58. The van der Waals surface area contributed by atoms with Gasteiger partial charge in [-0.05, 0) is 31.0 Å². The molecule has 0 bridgehead atoms. The van der Waals surface area contributed by atoms with Crippen LogP contribution in [0.5, 0.6) is 0 Å². The second kappa shape index (κ2) is 6.73. The highest BCUT2D eigenvalue weighted by Gasteiger charge is 2.27. The van der Waals surface area contributed by atoms with Gasteiger partial charge in [0.05, 0.1) is 0 Å². The first-order valence-electron chi connectivity index (χ1n) is 8.13. The number of rotatable bonds is 2. The van der Waals surface area contributed by atoms with Gasteiger partial charge in [0.25, 0.3) is 5.91 Å². The number of amides is 1. The lowest BCUT2D eigenvalue weighted by atomic mass is 9.94. The summed E-state index contributed by atoms with van der Waals surface area (Å²) < 4.78 is 26.2. The SMILES string of the molecule is O=C(c1ccc(F)c(F)c1)N1CCN(C2CCCCC2)CC1. The molecule has 0 unspecified atom stereocenters. The first-order chi connectivity index (χ1) is 10.6. The van der Waals surface area contributed by atoms with Gasteiger partial charge in [0.2, 0.25) is 0 Å². The molecule has 2 fully saturated rings. The van der Waals surface area contributed by atoms with Gasteiger partial charge in [0.1, 0.15) is 0 Å². The summed E-state index contributed by atoms with van der Waals surface area (Å²) in [6.45, 7) is 3.07. The van der Waals surface area contributed by atoms with E-state index in [9.17, 15) is 13.6 Å². The third-order valence-corrected chi connectivity index (χ3v) is 4.86. The van der Waals surface area contributed by atoms with Crippen molar-refractivity contribution in [1.82, 2.24) is 9.80 Å². The van der Waals surface area contributed by atoms with Crippen molar-refractivity contribution in [3.63, 3.8) is 0 Å². The molecule has 120 valence electrons. The minimum atomic E-state index is -0.966. The molecule has 22 heavy (non-hydrogen) atoms. The lowest BCUT2D eigenvalue weighted by molar-refractivity contribution is 0.0523. The van der Waals surface area contributed by atoms with Gasteiger partial charge < -0.3 is 4.90 Å². The Morgan fingerprint density at radius 3 is 2.27 bits per heavy atom. The van der Waals surface area contributed by atoms with Crippen LogP contribution in [0.15, 0.2) is 18.2 Å². The quantitative estimate of drug-likeness (QED) is 0.838. The average molecular weight is 308 g/mol. The summed E-state index contributed by atoms with van der Waals surface area (Å²) in [6.07, 6.45) is 6.47. The fraction of sp³-hybridized carbons (Fsp3) is 0.588. The number of piperazine rings is 1. The summed E-state index contributed by atoms with van der Waals surface area (Å²) in [6, 6.07) is 4.02. The van der Waals surface area contributed by atoms with Crippen molar-refractivity contribution in [2.45, 2.75) is 38.1 Å². The molecular formula is C17H22F2N2O. The van der Waals surface area contributed by atoms with Gasteiger partial charge in [-0.25, -0.2) is 8.78 Å². The number of carbonyl (C=O) groups excluding carboxylic acids is 1. The standard InChI is InChI=1S/C17H22F2N2O/c18-15-7-6-13(12-16(15)19)17(22)21-10-8-20(9-11-21)14-4-2-1-3-5-14/h6-7,12,14H,1-5,8-11H2. The van der Waals surface area contributed by atoms with Crippen LogP contribution in [0.1, 0.15) is 42.5 Å². The molecule has 1 saturated heterocycles. The van der Waals surface area contributed by atoms with Gasteiger partial charge in [-0.1, -0.05) is 19.3 Å². The van der Waals surface area contributed by atoms with Crippen LogP contribution in [0.4, 0.5) is 8.78 Å². The molecule has 0 spiro atoms. The molecule has 1 aromatic rings. The largest absolute Gasteiger partial charge is 0.336 e. The second-order valence-electron chi connectivity index (χ2n) is 6.25. The van der Waals surface area contributed by atoms with Crippen LogP contribution in [-0.2, 0) is 0 Å². The first-order valence-corrected chi connectivity index (χ1v) is 8.13. The highest BCUT2D eigenvalue weighted by Crippen LogP contribution is 2.24. The Hall–Kier alpha value is -1.49. The molecule has 1 aliphatic heterocycles. The molecule has 0 radical (unpaired) electrons. The highest BCUT2D eigenvalue weighted by molar-refractivity contribution is 5.94. The summed E-state index contributed by atoms with van der Waals surface area (Å²) in [5, 5.41) is 0. The van der Waals surface area contributed by atoms with Crippen molar-refractivity contribution in [2.75, 3.05) is 26.2 Å². The molecule has 1 amide bonds. The Kier molecular flexibility index (Phi) is 4.71. The zero-order valence-electron chi connectivity index (χ0n) is 12.7. The van der Waals surface area contributed by atoms with E-state index < -0.39 is 11.6 Å². The number of nitrogens with zero attached hydrogens (tertiary/aromatic N) is 2. The second-order valence-corrected chi connectivity index (χ2v) is 6.25. The van der Waals surface area contributed by atoms with E-state index in [2.05, 4.69) is 4.90 Å². The van der Waals surface area contributed by atoms with E-state index in [0.29, 0.717) is 19.1 Å². The van der Waals surface area contributed by atoms with Gasteiger partial charge in [-0.3, -0.25) is 9.69 Å². The van der Waals surface area contributed by atoms with Crippen LogP contribution in [0, 0.1) is 11.6 Å². The summed E-state index contributed by atoms with van der Waals surface area (Å²) in [5.41, 5.74) is 0.227. The van der Waals surface area contributed by atoms with Gasteiger partial charge in [-0.15, -0.1) is 0 Å². The molecule has 0 N–H and O–H groups in total. The summed E-state index contributed by atoms with van der Waals surface area (Å²) in [7, 11) is 0. The van der Waals surface area contributed by atoms with Gasteiger partial charge >= 0.3 is 0 Å². The molecule has 3 rings (SSSR count).